The summed E-state index contributed by atoms with van der Waals surface area (Å²) in [7, 11) is 0. The van der Waals surface area contributed by atoms with Crippen molar-refractivity contribution >= 4 is 11.5 Å². The molecular weight excluding hydrogens is 354 g/mol. The Labute approximate surface area is 154 Å². The molecule has 3 N–H and O–H groups in total. The maximum atomic E-state index is 13.3. The Morgan fingerprint density at radius 2 is 2.26 bits per heavy atom. The molecule has 1 aliphatic heterocycles. The second kappa shape index (κ2) is 7.53. The molecule has 0 saturated carbocycles. The molecule has 4 rings (SSSR count). The summed E-state index contributed by atoms with van der Waals surface area (Å²) >= 11 is 0. The third-order valence-electron chi connectivity index (χ3n) is 4.64. The summed E-state index contributed by atoms with van der Waals surface area (Å²) in [5.41, 5.74) is 1.10. The number of anilines is 1. The van der Waals surface area contributed by atoms with Crippen molar-refractivity contribution in [2.75, 3.05) is 18.4 Å². The highest BCUT2D eigenvalue weighted by molar-refractivity contribution is 5.61. The summed E-state index contributed by atoms with van der Waals surface area (Å²) in [6.07, 6.45) is 0.940. The van der Waals surface area contributed by atoms with Crippen LogP contribution in [0.2, 0.25) is 0 Å². The van der Waals surface area contributed by atoms with E-state index in [-0.39, 0.29) is 5.56 Å². The zero-order chi connectivity index (χ0) is 18.8. The van der Waals surface area contributed by atoms with Gasteiger partial charge >= 0.3 is 0 Å². The molecule has 0 aromatic carbocycles. The van der Waals surface area contributed by atoms with Crippen molar-refractivity contribution in [1.82, 2.24) is 24.9 Å². The summed E-state index contributed by atoms with van der Waals surface area (Å²) in [5, 5.41) is 20.1. The van der Waals surface area contributed by atoms with Crippen LogP contribution in [0.5, 0.6) is 0 Å². The number of piperidine rings is 1. The van der Waals surface area contributed by atoms with Gasteiger partial charge in [0, 0.05) is 18.2 Å². The molecule has 1 saturated heterocycles. The van der Waals surface area contributed by atoms with E-state index in [0.29, 0.717) is 23.1 Å². The van der Waals surface area contributed by atoms with Crippen molar-refractivity contribution in [3.63, 3.8) is 0 Å². The first-order chi connectivity index (χ1) is 13.2. The first kappa shape index (κ1) is 17.7. The largest absolute Gasteiger partial charge is 0.392 e. The van der Waals surface area contributed by atoms with Gasteiger partial charge in [-0.1, -0.05) is 6.07 Å². The Kier molecular flexibility index (Phi) is 4.95. The van der Waals surface area contributed by atoms with E-state index in [4.69, 9.17) is 0 Å². The van der Waals surface area contributed by atoms with Gasteiger partial charge in [0.2, 0.25) is 0 Å². The van der Waals surface area contributed by atoms with E-state index in [1.165, 1.54) is 10.6 Å². The van der Waals surface area contributed by atoms with Gasteiger partial charge in [-0.25, -0.2) is 23.3 Å². The molecule has 1 atom stereocenters. The summed E-state index contributed by atoms with van der Waals surface area (Å²) in [6, 6.07) is 7.25. The number of hydrogen-bond donors (Lipinski definition) is 3. The van der Waals surface area contributed by atoms with Crippen LogP contribution in [0.4, 0.5) is 14.6 Å². The molecule has 3 aromatic rings. The SMILES string of the molecule is OCc1cc2ncc(-c3cccc(N[C@@H]4CCCNC4)n3)n2nc1C(F)F. The van der Waals surface area contributed by atoms with Gasteiger partial charge in [0.25, 0.3) is 6.43 Å². The van der Waals surface area contributed by atoms with Gasteiger partial charge in [0.05, 0.1) is 18.5 Å². The Hall–Kier alpha value is -2.65. The summed E-state index contributed by atoms with van der Waals surface area (Å²) in [6.45, 7) is 1.39. The van der Waals surface area contributed by atoms with E-state index < -0.39 is 18.7 Å². The molecule has 7 nitrogen and oxygen atoms in total. The number of halogens is 2. The lowest BCUT2D eigenvalue weighted by Gasteiger charge is -2.24. The van der Waals surface area contributed by atoms with Gasteiger partial charge in [-0.05, 0) is 37.6 Å². The smallest absolute Gasteiger partial charge is 0.282 e. The highest BCUT2D eigenvalue weighted by Crippen LogP contribution is 2.25. The minimum atomic E-state index is -2.79. The van der Waals surface area contributed by atoms with Crippen LogP contribution < -0.4 is 10.6 Å². The Morgan fingerprint density at radius 3 is 3.00 bits per heavy atom. The average molecular weight is 374 g/mol. The van der Waals surface area contributed by atoms with Crippen LogP contribution in [0.3, 0.4) is 0 Å². The molecular formula is C18H20F2N6O. The van der Waals surface area contributed by atoms with Crippen LogP contribution in [-0.4, -0.2) is 43.8 Å². The van der Waals surface area contributed by atoms with E-state index in [1.807, 2.05) is 12.1 Å². The van der Waals surface area contributed by atoms with Crippen LogP contribution >= 0.6 is 0 Å². The second-order valence-electron chi connectivity index (χ2n) is 6.52. The van der Waals surface area contributed by atoms with Gasteiger partial charge in [-0.3, -0.25) is 0 Å². The van der Waals surface area contributed by atoms with Crippen molar-refractivity contribution in [2.45, 2.75) is 31.9 Å². The molecule has 0 amide bonds. The Balaban J connectivity index is 1.69. The van der Waals surface area contributed by atoms with Crippen molar-refractivity contribution in [3.05, 3.63) is 41.7 Å². The lowest BCUT2D eigenvalue weighted by molar-refractivity contribution is 0.140. The monoisotopic (exact) mass is 374 g/mol. The van der Waals surface area contributed by atoms with E-state index in [0.717, 1.165) is 31.7 Å². The zero-order valence-corrected chi connectivity index (χ0v) is 14.6. The molecule has 4 heterocycles. The number of imidazole rings is 1. The number of pyridine rings is 1. The molecule has 1 fully saturated rings. The Bertz CT molecular complexity index is 939. The van der Waals surface area contributed by atoms with Crippen LogP contribution in [0.1, 0.15) is 30.5 Å². The highest BCUT2D eigenvalue weighted by atomic mass is 19.3. The normalized spacial score (nSPS) is 17.6. The number of aliphatic hydroxyl groups excluding tert-OH is 1. The molecule has 0 unspecified atom stereocenters. The number of nitrogens with one attached hydrogen (secondary N) is 2. The summed E-state index contributed by atoms with van der Waals surface area (Å²) in [5.74, 6) is 0.720. The zero-order valence-electron chi connectivity index (χ0n) is 14.6. The molecule has 0 bridgehead atoms. The minimum Gasteiger partial charge on any atom is -0.392 e. The fraction of sp³-hybridized carbons (Fsp3) is 0.389. The van der Waals surface area contributed by atoms with Gasteiger partial charge < -0.3 is 15.7 Å². The van der Waals surface area contributed by atoms with E-state index in [9.17, 15) is 13.9 Å². The molecule has 0 radical (unpaired) electrons. The van der Waals surface area contributed by atoms with Crippen LogP contribution in [-0.2, 0) is 6.61 Å². The number of fused-ring (bicyclic) bond motifs is 1. The van der Waals surface area contributed by atoms with Crippen LogP contribution in [0.15, 0.2) is 30.5 Å². The lowest BCUT2D eigenvalue weighted by atomic mass is 10.1. The summed E-state index contributed by atoms with van der Waals surface area (Å²) < 4.78 is 27.9. The number of aliphatic hydroxyl groups is 1. The van der Waals surface area contributed by atoms with E-state index >= 15 is 0 Å². The van der Waals surface area contributed by atoms with Crippen molar-refractivity contribution < 1.29 is 13.9 Å². The fourth-order valence-corrected chi connectivity index (χ4v) is 3.29. The standard InChI is InChI=1S/C18H20F2N6O/c19-18(20)17-11(10-27)7-16-22-9-14(26(16)25-17)13-4-1-5-15(24-13)23-12-3-2-6-21-8-12/h1,4-5,7,9,12,18,21,27H,2-3,6,8,10H2,(H,23,24)/t12-/m1/s1. The molecule has 27 heavy (non-hydrogen) atoms. The number of alkyl halides is 2. The highest BCUT2D eigenvalue weighted by Gasteiger charge is 2.19. The molecule has 9 heteroatoms. The number of aromatic nitrogens is 4. The van der Waals surface area contributed by atoms with Gasteiger partial charge in [-0.15, -0.1) is 0 Å². The first-order valence-corrected chi connectivity index (χ1v) is 8.87. The topological polar surface area (TPSA) is 87.4 Å². The van der Waals surface area contributed by atoms with Gasteiger partial charge in [-0.2, -0.15) is 5.10 Å². The Morgan fingerprint density at radius 1 is 1.37 bits per heavy atom. The van der Waals surface area contributed by atoms with Crippen LogP contribution in [0, 0.1) is 0 Å². The molecule has 0 spiro atoms. The first-order valence-electron chi connectivity index (χ1n) is 8.87. The van der Waals surface area contributed by atoms with Gasteiger partial charge in [0.15, 0.2) is 5.65 Å². The molecule has 0 aliphatic carbocycles. The predicted octanol–water partition coefficient (Wildman–Crippen LogP) is 2.39. The number of hydrogen-bond acceptors (Lipinski definition) is 6. The number of nitrogens with zero attached hydrogens (tertiary/aromatic N) is 4. The second-order valence-corrected chi connectivity index (χ2v) is 6.52. The lowest BCUT2D eigenvalue weighted by Crippen LogP contribution is -2.38. The van der Waals surface area contributed by atoms with Crippen molar-refractivity contribution in [2.24, 2.45) is 0 Å². The maximum Gasteiger partial charge on any atom is 0.282 e. The van der Waals surface area contributed by atoms with Crippen LogP contribution in [0.25, 0.3) is 17.0 Å². The van der Waals surface area contributed by atoms with Crippen molar-refractivity contribution in [1.29, 1.82) is 0 Å². The summed E-state index contributed by atoms with van der Waals surface area (Å²) in [4.78, 5) is 8.82. The van der Waals surface area contributed by atoms with E-state index in [1.54, 1.807) is 12.3 Å². The quantitative estimate of drug-likeness (QED) is 0.636. The predicted molar refractivity (Wildman–Crippen MR) is 96.6 cm³/mol. The van der Waals surface area contributed by atoms with Crippen molar-refractivity contribution in [3.8, 4) is 11.4 Å². The van der Waals surface area contributed by atoms with E-state index in [2.05, 4.69) is 25.7 Å². The third kappa shape index (κ3) is 3.60. The van der Waals surface area contributed by atoms with Gasteiger partial charge in [0.1, 0.15) is 17.2 Å². The number of rotatable bonds is 5. The molecule has 3 aromatic heterocycles. The minimum absolute atomic E-state index is 0.0721. The molecule has 142 valence electrons. The average Bonchev–Trinajstić information content (AvgIpc) is 3.11. The fourth-order valence-electron chi connectivity index (χ4n) is 3.29. The third-order valence-corrected chi connectivity index (χ3v) is 4.64. The molecule has 1 aliphatic rings. The maximum absolute atomic E-state index is 13.3.